The van der Waals surface area contributed by atoms with Crippen molar-refractivity contribution in [1.29, 1.82) is 0 Å². The van der Waals surface area contributed by atoms with E-state index in [4.69, 9.17) is 9.47 Å². The summed E-state index contributed by atoms with van der Waals surface area (Å²) in [6.07, 6.45) is 1.34. The van der Waals surface area contributed by atoms with Crippen LogP contribution in [0.4, 0.5) is 0 Å². The third kappa shape index (κ3) is 4.22. The molecule has 170 valence electrons. The second-order valence-corrected chi connectivity index (χ2v) is 8.48. The largest absolute Gasteiger partial charge is 0.350 e. The van der Waals surface area contributed by atoms with Crippen LogP contribution >= 0.6 is 0 Å². The number of carbonyl (C=O) groups is 2. The van der Waals surface area contributed by atoms with Gasteiger partial charge in [0, 0.05) is 51.2 Å². The van der Waals surface area contributed by atoms with E-state index in [1.54, 1.807) is 24.3 Å². The van der Waals surface area contributed by atoms with Crippen LogP contribution in [0.15, 0.2) is 54.6 Å². The van der Waals surface area contributed by atoms with Crippen molar-refractivity contribution in [2.75, 3.05) is 26.3 Å². The molecular weight excluding hydrogens is 404 g/mol. The first-order valence-corrected chi connectivity index (χ1v) is 11.5. The number of carbonyl (C=O) groups excluding carboxylic acids is 2. The lowest BCUT2D eigenvalue weighted by Gasteiger charge is -2.48. The zero-order valence-corrected chi connectivity index (χ0v) is 19.1. The third-order valence-corrected chi connectivity index (χ3v) is 6.63. The van der Waals surface area contributed by atoms with Crippen LogP contribution < -0.4 is 0 Å². The van der Waals surface area contributed by atoms with Gasteiger partial charge < -0.3 is 9.47 Å². The Kier molecular flexibility index (Phi) is 6.74. The maximum absolute atomic E-state index is 13.1. The minimum atomic E-state index is -0.695. The third-order valence-electron chi connectivity index (χ3n) is 6.63. The molecule has 0 aliphatic carbocycles. The summed E-state index contributed by atoms with van der Waals surface area (Å²) in [5.74, 6) is -1.14. The summed E-state index contributed by atoms with van der Waals surface area (Å²) in [6, 6.07) is 17.4. The van der Waals surface area contributed by atoms with E-state index in [0.29, 0.717) is 37.3 Å². The Morgan fingerprint density at radius 3 is 2.06 bits per heavy atom. The number of fused-ring (bicyclic) bond motifs is 1. The van der Waals surface area contributed by atoms with Crippen molar-refractivity contribution in [3.05, 3.63) is 71.3 Å². The van der Waals surface area contributed by atoms with Gasteiger partial charge in [-0.05, 0) is 38.5 Å². The van der Waals surface area contributed by atoms with Crippen molar-refractivity contribution in [2.45, 2.75) is 51.5 Å². The van der Waals surface area contributed by atoms with E-state index in [-0.39, 0.29) is 23.9 Å². The highest BCUT2D eigenvalue weighted by Gasteiger charge is 2.46. The van der Waals surface area contributed by atoms with Crippen LogP contribution in [-0.4, -0.2) is 59.7 Å². The topological polar surface area (TPSA) is 59.1 Å². The van der Waals surface area contributed by atoms with E-state index in [0.717, 1.165) is 13.0 Å². The summed E-state index contributed by atoms with van der Waals surface area (Å²) in [7, 11) is 0. The molecule has 0 unspecified atom stereocenters. The van der Waals surface area contributed by atoms with Gasteiger partial charge in [0.15, 0.2) is 5.79 Å². The SMILES string of the molecule is CCOC1(OCC)CCN([C@H](C)c2ccccc2)[C@H](CN2C(=O)c3ccccc3C2=O)C1. The number of imide groups is 1. The average molecular weight is 437 g/mol. The molecule has 6 heteroatoms. The number of ether oxygens (including phenoxy) is 2. The van der Waals surface area contributed by atoms with Gasteiger partial charge in [0.05, 0.1) is 11.1 Å². The molecule has 2 aromatic rings. The Labute approximate surface area is 190 Å². The second kappa shape index (κ2) is 9.53. The van der Waals surface area contributed by atoms with Crippen LogP contribution in [0.25, 0.3) is 0 Å². The normalized spacial score (nSPS) is 21.6. The van der Waals surface area contributed by atoms with E-state index >= 15 is 0 Å². The van der Waals surface area contributed by atoms with E-state index < -0.39 is 5.79 Å². The van der Waals surface area contributed by atoms with E-state index in [9.17, 15) is 9.59 Å². The van der Waals surface area contributed by atoms with Crippen LogP contribution in [0, 0.1) is 0 Å². The predicted octanol–water partition coefficient (Wildman–Crippen LogP) is 4.28. The fraction of sp³-hybridized carbons (Fsp3) is 0.462. The highest BCUT2D eigenvalue weighted by Crippen LogP contribution is 2.37. The van der Waals surface area contributed by atoms with Gasteiger partial charge in [0.2, 0.25) is 0 Å². The van der Waals surface area contributed by atoms with Crippen LogP contribution in [0.5, 0.6) is 0 Å². The summed E-state index contributed by atoms with van der Waals surface area (Å²) in [4.78, 5) is 29.9. The molecule has 0 saturated carbocycles. The molecule has 2 atom stereocenters. The molecule has 0 spiro atoms. The summed E-state index contributed by atoms with van der Waals surface area (Å²) < 4.78 is 12.2. The Hall–Kier alpha value is -2.54. The number of piperidine rings is 1. The summed E-state index contributed by atoms with van der Waals surface area (Å²) in [6.45, 7) is 8.29. The molecule has 6 nitrogen and oxygen atoms in total. The Balaban J connectivity index is 1.63. The lowest BCUT2D eigenvalue weighted by atomic mass is 9.92. The quantitative estimate of drug-likeness (QED) is 0.457. The average Bonchev–Trinajstić information content (AvgIpc) is 3.05. The van der Waals surface area contributed by atoms with Crippen molar-refractivity contribution in [1.82, 2.24) is 9.80 Å². The van der Waals surface area contributed by atoms with Crippen molar-refractivity contribution in [3.8, 4) is 0 Å². The zero-order valence-electron chi connectivity index (χ0n) is 19.1. The summed E-state index contributed by atoms with van der Waals surface area (Å²) >= 11 is 0. The number of nitrogens with zero attached hydrogens (tertiary/aromatic N) is 2. The molecular formula is C26H32N2O4. The van der Waals surface area contributed by atoms with Crippen LogP contribution in [0.2, 0.25) is 0 Å². The van der Waals surface area contributed by atoms with Crippen LogP contribution in [0.3, 0.4) is 0 Å². The number of hydrogen-bond acceptors (Lipinski definition) is 5. The maximum Gasteiger partial charge on any atom is 0.261 e. The van der Waals surface area contributed by atoms with Gasteiger partial charge in [-0.2, -0.15) is 0 Å². The monoisotopic (exact) mass is 436 g/mol. The number of hydrogen-bond donors (Lipinski definition) is 0. The van der Waals surface area contributed by atoms with Crippen LogP contribution in [-0.2, 0) is 9.47 Å². The van der Waals surface area contributed by atoms with Gasteiger partial charge in [0.25, 0.3) is 11.8 Å². The number of amides is 2. The Morgan fingerprint density at radius 1 is 0.938 bits per heavy atom. The molecule has 32 heavy (non-hydrogen) atoms. The lowest BCUT2D eigenvalue weighted by molar-refractivity contribution is -0.263. The van der Waals surface area contributed by atoms with Gasteiger partial charge in [-0.1, -0.05) is 42.5 Å². The smallest absolute Gasteiger partial charge is 0.261 e. The minimum Gasteiger partial charge on any atom is -0.350 e. The molecule has 2 aliphatic rings. The molecule has 2 aromatic carbocycles. The highest BCUT2D eigenvalue weighted by atomic mass is 16.7. The molecule has 1 fully saturated rings. The number of benzene rings is 2. The zero-order chi connectivity index (χ0) is 22.7. The highest BCUT2D eigenvalue weighted by molar-refractivity contribution is 6.21. The first-order valence-electron chi connectivity index (χ1n) is 11.5. The number of rotatable bonds is 8. The molecule has 2 amide bonds. The van der Waals surface area contributed by atoms with Crippen molar-refractivity contribution < 1.29 is 19.1 Å². The first-order chi connectivity index (χ1) is 15.5. The van der Waals surface area contributed by atoms with E-state index in [2.05, 4.69) is 24.0 Å². The van der Waals surface area contributed by atoms with E-state index in [1.165, 1.54) is 10.5 Å². The van der Waals surface area contributed by atoms with Gasteiger partial charge >= 0.3 is 0 Å². The van der Waals surface area contributed by atoms with Gasteiger partial charge in [-0.25, -0.2) is 0 Å². The summed E-state index contributed by atoms with van der Waals surface area (Å²) in [5.41, 5.74) is 2.17. The second-order valence-electron chi connectivity index (χ2n) is 8.48. The standard InChI is InChI=1S/C26H32N2O4/c1-4-31-26(32-5-2)15-16-27(19(3)20-11-7-6-8-12-20)21(17-26)18-28-24(29)22-13-9-10-14-23(22)25(28)30/h6-14,19,21H,4-5,15-18H2,1-3H3/t19-,21+/m1/s1. The predicted molar refractivity (Wildman–Crippen MR) is 122 cm³/mol. The maximum atomic E-state index is 13.1. The molecule has 1 saturated heterocycles. The molecule has 0 aromatic heterocycles. The van der Waals surface area contributed by atoms with Crippen molar-refractivity contribution in [2.24, 2.45) is 0 Å². The molecule has 0 N–H and O–H groups in total. The molecule has 2 aliphatic heterocycles. The molecule has 0 radical (unpaired) electrons. The van der Waals surface area contributed by atoms with E-state index in [1.807, 2.05) is 32.0 Å². The Morgan fingerprint density at radius 2 is 1.50 bits per heavy atom. The van der Waals surface area contributed by atoms with Crippen LogP contribution in [0.1, 0.15) is 65.9 Å². The van der Waals surface area contributed by atoms with Gasteiger partial charge in [-0.3, -0.25) is 19.4 Å². The molecule has 2 heterocycles. The lowest BCUT2D eigenvalue weighted by Crippen LogP contribution is -2.57. The van der Waals surface area contributed by atoms with Crippen molar-refractivity contribution >= 4 is 11.8 Å². The molecule has 4 rings (SSSR count). The van der Waals surface area contributed by atoms with Gasteiger partial charge in [0.1, 0.15) is 0 Å². The number of likely N-dealkylation sites (tertiary alicyclic amines) is 1. The molecule has 0 bridgehead atoms. The van der Waals surface area contributed by atoms with Gasteiger partial charge in [-0.15, -0.1) is 0 Å². The fourth-order valence-electron chi connectivity index (χ4n) is 5.11. The van der Waals surface area contributed by atoms with Crippen molar-refractivity contribution in [3.63, 3.8) is 0 Å². The fourth-order valence-corrected chi connectivity index (χ4v) is 5.11. The minimum absolute atomic E-state index is 0.0840. The first kappa shape index (κ1) is 22.6. The Bertz CT molecular complexity index is 920. The summed E-state index contributed by atoms with van der Waals surface area (Å²) in [5, 5.41) is 0.